The molecule has 0 heterocycles. The minimum atomic E-state index is 0. The standard InChI is InChI=1S/C18H29N3O.HI/c1-15-5-7-16(8-6-15)13-21(3)18(19-2)20-11-4-12-22-14-17-9-10-17;/h5-8,17H,4,9-14H2,1-3H3,(H,19,20);1H. The third kappa shape index (κ3) is 8.01. The number of halogens is 1. The first-order chi connectivity index (χ1) is 10.7. The first-order valence-electron chi connectivity index (χ1n) is 8.24. The zero-order valence-electron chi connectivity index (χ0n) is 14.5. The summed E-state index contributed by atoms with van der Waals surface area (Å²) in [4.78, 5) is 6.50. The molecule has 1 aliphatic carbocycles. The normalized spacial score (nSPS) is 14.3. The van der Waals surface area contributed by atoms with Crippen molar-refractivity contribution in [2.24, 2.45) is 10.9 Å². The molecule has 0 radical (unpaired) electrons. The van der Waals surface area contributed by atoms with E-state index in [0.717, 1.165) is 44.6 Å². The number of nitrogens with one attached hydrogen (secondary N) is 1. The van der Waals surface area contributed by atoms with Gasteiger partial charge in [-0.15, -0.1) is 24.0 Å². The second kappa shape index (κ2) is 10.9. The molecular weight excluding hydrogens is 401 g/mol. The second-order valence-corrected chi connectivity index (χ2v) is 6.19. The van der Waals surface area contributed by atoms with Crippen LogP contribution in [-0.4, -0.2) is 44.7 Å². The predicted molar refractivity (Wildman–Crippen MR) is 108 cm³/mol. The highest BCUT2D eigenvalue weighted by molar-refractivity contribution is 14.0. The van der Waals surface area contributed by atoms with Crippen LogP contribution < -0.4 is 5.32 Å². The number of guanidine groups is 1. The fourth-order valence-electron chi connectivity index (χ4n) is 2.34. The monoisotopic (exact) mass is 431 g/mol. The van der Waals surface area contributed by atoms with E-state index in [1.54, 1.807) is 0 Å². The van der Waals surface area contributed by atoms with E-state index < -0.39 is 0 Å². The maximum atomic E-state index is 5.65. The Bertz CT molecular complexity index is 472. The van der Waals surface area contributed by atoms with Crippen LogP contribution in [0.3, 0.4) is 0 Å². The molecular formula is C18H30IN3O. The molecule has 130 valence electrons. The highest BCUT2D eigenvalue weighted by Gasteiger charge is 2.20. The number of rotatable bonds is 8. The van der Waals surface area contributed by atoms with Crippen LogP contribution >= 0.6 is 24.0 Å². The molecule has 1 saturated carbocycles. The molecule has 4 nitrogen and oxygen atoms in total. The van der Waals surface area contributed by atoms with Crippen molar-refractivity contribution in [3.63, 3.8) is 0 Å². The molecule has 0 amide bonds. The van der Waals surface area contributed by atoms with Gasteiger partial charge in [0.15, 0.2) is 5.96 Å². The van der Waals surface area contributed by atoms with Crippen molar-refractivity contribution < 1.29 is 4.74 Å². The number of benzene rings is 1. The van der Waals surface area contributed by atoms with E-state index in [-0.39, 0.29) is 24.0 Å². The van der Waals surface area contributed by atoms with E-state index in [1.807, 2.05) is 7.05 Å². The number of hydrogen-bond donors (Lipinski definition) is 1. The summed E-state index contributed by atoms with van der Waals surface area (Å²) in [7, 11) is 3.90. The van der Waals surface area contributed by atoms with Crippen molar-refractivity contribution in [1.82, 2.24) is 10.2 Å². The number of nitrogens with zero attached hydrogens (tertiary/aromatic N) is 2. The number of hydrogen-bond acceptors (Lipinski definition) is 2. The van der Waals surface area contributed by atoms with Crippen molar-refractivity contribution in [2.45, 2.75) is 32.7 Å². The zero-order valence-corrected chi connectivity index (χ0v) is 16.9. The molecule has 5 heteroatoms. The Kier molecular flexibility index (Phi) is 9.55. The van der Waals surface area contributed by atoms with Gasteiger partial charge in [0.2, 0.25) is 0 Å². The highest BCUT2D eigenvalue weighted by Crippen LogP contribution is 2.28. The molecule has 2 rings (SSSR count). The lowest BCUT2D eigenvalue weighted by atomic mass is 10.1. The van der Waals surface area contributed by atoms with Gasteiger partial charge in [-0.05, 0) is 37.7 Å². The van der Waals surface area contributed by atoms with Crippen LogP contribution in [0.1, 0.15) is 30.4 Å². The summed E-state index contributed by atoms with van der Waals surface area (Å²) in [5.74, 6) is 1.78. The van der Waals surface area contributed by atoms with E-state index >= 15 is 0 Å². The summed E-state index contributed by atoms with van der Waals surface area (Å²) in [5.41, 5.74) is 2.59. The maximum absolute atomic E-state index is 5.65. The average molecular weight is 431 g/mol. The molecule has 1 aromatic rings. The SMILES string of the molecule is CN=C(NCCCOCC1CC1)N(C)Cc1ccc(C)cc1.I. The van der Waals surface area contributed by atoms with Gasteiger partial charge < -0.3 is 15.0 Å². The lowest BCUT2D eigenvalue weighted by molar-refractivity contribution is 0.122. The Hall–Kier alpha value is -0.820. The van der Waals surface area contributed by atoms with Gasteiger partial charge in [-0.1, -0.05) is 29.8 Å². The van der Waals surface area contributed by atoms with Gasteiger partial charge in [0.25, 0.3) is 0 Å². The van der Waals surface area contributed by atoms with Crippen LogP contribution in [0.15, 0.2) is 29.3 Å². The second-order valence-electron chi connectivity index (χ2n) is 6.19. The number of aryl methyl sites for hydroxylation is 1. The van der Waals surface area contributed by atoms with Crippen molar-refractivity contribution in [3.05, 3.63) is 35.4 Å². The lowest BCUT2D eigenvalue weighted by Gasteiger charge is -2.22. The van der Waals surface area contributed by atoms with Gasteiger partial charge in [-0.2, -0.15) is 0 Å². The summed E-state index contributed by atoms with van der Waals surface area (Å²) in [5, 5.41) is 3.40. The Morgan fingerprint density at radius 3 is 2.61 bits per heavy atom. The molecule has 0 aromatic heterocycles. The third-order valence-electron chi connectivity index (χ3n) is 3.91. The molecule has 1 N–H and O–H groups in total. The molecule has 0 bridgehead atoms. The predicted octanol–water partition coefficient (Wildman–Crippen LogP) is 3.44. The topological polar surface area (TPSA) is 36.9 Å². The minimum Gasteiger partial charge on any atom is -0.381 e. The zero-order chi connectivity index (χ0) is 15.8. The van der Waals surface area contributed by atoms with Gasteiger partial charge in [0.1, 0.15) is 0 Å². The van der Waals surface area contributed by atoms with E-state index in [2.05, 4.69) is 53.4 Å². The lowest BCUT2D eigenvalue weighted by Crippen LogP contribution is -2.39. The van der Waals surface area contributed by atoms with Crippen molar-refractivity contribution >= 4 is 29.9 Å². The molecule has 1 fully saturated rings. The van der Waals surface area contributed by atoms with Crippen molar-refractivity contribution in [1.29, 1.82) is 0 Å². The average Bonchev–Trinajstić information content (AvgIpc) is 3.33. The summed E-state index contributed by atoms with van der Waals surface area (Å²) < 4.78 is 5.65. The highest BCUT2D eigenvalue weighted by atomic mass is 127. The Morgan fingerprint density at radius 2 is 2.00 bits per heavy atom. The fraction of sp³-hybridized carbons (Fsp3) is 0.611. The largest absolute Gasteiger partial charge is 0.381 e. The number of aliphatic imine (C=N–C) groups is 1. The minimum absolute atomic E-state index is 0. The van der Waals surface area contributed by atoms with E-state index in [4.69, 9.17) is 4.74 Å². The molecule has 1 aliphatic rings. The van der Waals surface area contributed by atoms with Crippen LogP contribution in [0.5, 0.6) is 0 Å². The van der Waals surface area contributed by atoms with Crippen LogP contribution in [0, 0.1) is 12.8 Å². The molecule has 0 unspecified atom stereocenters. The van der Waals surface area contributed by atoms with E-state index in [0.29, 0.717) is 0 Å². The van der Waals surface area contributed by atoms with Crippen LogP contribution in [0.25, 0.3) is 0 Å². The summed E-state index contributed by atoms with van der Waals surface area (Å²) in [6.07, 6.45) is 3.73. The molecule has 0 spiro atoms. The molecule has 23 heavy (non-hydrogen) atoms. The molecule has 0 aliphatic heterocycles. The Morgan fingerprint density at radius 1 is 1.30 bits per heavy atom. The summed E-state index contributed by atoms with van der Waals surface area (Å²) in [6.45, 7) is 5.65. The maximum Gasteiger partial charge on any atom is 0.193 e. The number of ether oxygens (including phenoxy) is 1. The van der Waals surface area contributed by atoms with Gasteiger partial charge >= 0.3 is 0 Å². The first kappa shape index (κ1) is 20.2. The molecule has 0 saturated heterocycles. The van der Waals surface area contributed by atoms with Gasteiger partial charge in [-0.25, -0.2) is 0 Å². The van der Waals surface area contributed by atoms with Crippen LogP contribution in [0.2, 0.25) is 0 Å². The van der Waals surface area contributed by atoms with Gasteiger partial charge in [0.05, 0.1) is 0 Å². The van der Waals surface area contributed by atoms with Crippen molar-refractivity contribution in [3.8, 4) is 0 Å². The molecule has 0 atom stereocenters. The smallest absolute Gasteiger partial charge is 0.193 e. The Labute approximate surface area is 157 Å². The third-order valence-corrected chi connectivity index (χ3v) is 3.91. The quantitative estimate of drug-likeness (QED) is 0.297. The fourth-order valence-corrected chi connectivity index (χ4v) is 2.34. The van der Waals surface area contributed by atoms with E-state index in [9.17, 15) is 0 Å². The first-order valence-corrected chi connectivity index (χ1v) is 8.24. The van der Waals surface area contributed by atoms with Crippen LogP contribution in [-0.2, 0) is 11.3 Å². The van der Waals surface area contributed by atoms with E-state index in [1.165, 1.54) is 24.0 Å². The summed E-state index contributed by atoms with van der Waals surface area (Å²) >= 11 is 0. The Balaban J connectivity index is 0.00000264. The molecule has 1 aromatic carbocycles. The van der Waals surface area contributed by atoms with Crippen molar-refractivity contribution in [2.75, 3.05) is 33.9 Å². The van der Waals surface area contributed by atoms with Gasteiger partial charge in [-0.3, -0.25) is 4.99 Å². The summed E-state index contributed by atoms with van der Waals surface area (Å²) in [6, 6.07) is 8.64. The van der Waals surface area contributed by atoms with Gasteiger partial charge in [0, 0.05) is 40.4 Å². The van der Waals surface area contributed by atoms with Crippen LogP contribution in [0.4, 0.5) is 0 Å².